The van der Waals surface area contributed by atoms with E-state index in [9.17, 15) is 9.90 Å². The third-order valence-corrected chi connectivity index (χ3v) is 3.03. The van der Waals surface area contributed by atoms with Gasteiger partial charge in [0.25, 0.3) is 0 Å². The van der Waals surface area contributed by atoms with E-state index in [2.05, 4.69) is 0 Å². The van der Waals surface area contributed by atoms with Gasteiger partial charge in [-0.2, -0.15) is 0 Å². The largest absolute Gasteiger partial charge is 0.508 e. The first-order valence-electron chi connectivity index (χ1n) is 5.68. The standard InChI is InChI=1S/C13H19NO3/c1-3-9(8-13(2,14)12(16)17)10-6-4-5-7-11(10)15/h4-7,9,15H,3,8,14H2,1-2H3,(H,16,17). The molecule has 2 unspecified atom stereocenters. The van der Waals surface area contributed by atoms with E-state index >= 15 is 0 Å². The second-order valence-electron chi connectivity index (χ2n) is 4.59. The van der Waals surface area contributed by atoms with Gasteiger partial charge in [-0.05, 0) is 37.3 Å². The summed E-state index contributed by atoms with van der Waals surface area (Å²) in [4.78, 5) is 11.0. The Labute approximate surface area is 101 Å². The van der Waals surface area contributed by atoms with Crippen LogP contribution in [0.1, 0.15) is 38.2 Å². The minimum Gasteiger partial charge on any atom is -0.508 e. The molecule has 0 heterocycles. The van der Waals surface area contributed by atoms with Crippen LogP contribution in [0.3, 0.4) is 0 Å². The summed E-state index contributed by atoms with van der Waals surface area (Å²) in [5.74, 6) is -0.880. The van der Waals surface area contributed by atoms with Gasteiger partial charge >= 0.3 is 5.97 Å². The zero-order valence-corrected chi connectivity index (χ0v) is 10.2. The maximum absolute atomic E-state index is 11.0. The number of hydrogen-bond donors (Lipinski definition) is 3. The minimum atomic E-state index is -1.27. The Kier molecular flexibility index (Phi) is 4.12. The number of para-hydroxylation sites is 1. The highest BCUT2D eigenvalue weighted by Crippen LogP contribution is 2.33. The monoisotopic (exact) mass is 237 g/mol. The molecule has 0 saturated carbocycles. The third-order valence-electron chi connectivity index (χ3n) is 3.03. The van der Waals surface area contributed by atoms with Gasteiger partial charge in [-0.15, -0.1) is 0 Å². The molecule has 0 aliphatic carbocycles. The van der Waals surface area contributed by atoms with E-state index in [1.807, 2.05) is 13.0 Å². The summed E-state index contributed by atoms with van der Waals surface area (Å²) in [6, 6.07) is 6.98. The van der Waals surface area contributed by atoms with Crippen LogP contribution in [0.5, 0.6) is 5.75 Å². The summed E-state index contributed by atoms with van der Waals surface area (Å²) < 4.78 is 0. The highest BCUT2D eigenvalue weighted by molar-refractivity contribution is 5.78. The van der Waals surface area contributed by atoms with E-state index < -0.39 is 11.5 Å². The average Bonchev–Trinajstić information content (AvgIpc) is 2.26. The van der Waals surface area contributed by atoms with E-state index in [-0.39, 0.29) is 11.7 Å². The van der Waals surface area contributed by atoms with Crippen molar-refractivity contribution in [3.05, 3.63) is 29.8 Å². The summed E-state index contributed by atoms with van der Waals surface area (Å²) in [5.41, 5.74) is 5.22. The number of phenolic OH excluding ortho intramolecular Hbond substituents is 1. The first kappa shape index (κ1) is 13.5. The second-order valence-corrected chi connectivity index (χ2v) is 4.59. The number of aromatic hydroxyl groups is 1. The zero-order chi connectivity index (χ0) is 13.1. The van der Waals surface area contributed by atoms with Crippen LogP contribution in [0.25, 0.3) is 0 Å². The molecule has 1 aromatic rings. The predicted octanol–water partition coefficient (Wildman–Crippen LogP) is 2.08. The molecule has 0 spiro atoms. The Morgan fingerprint density at radius 2 is 2.06 bits per heavy atom. The number of rotatable bonds is 5. The maximum Gasteiger partial charge on any atom is 0.323 e. The Morgan fingerprint density at radius 3 is 2.53 bits per heavy atom. The normalized spacial score (nSPS) is 16.2. The molecule has 0 aromatic heterocycles. The number of phenols is 1. The van der Waals surface area contributed by atoms with Crippen molar-refractivity contribution in [1.82, 2.24) is 0 Å². The molecule has 1 rings (SSSR count). The van der Waals surface area contributed by atoms with E-state index in [4.69, 9.17) is 10.8 Å². The van der Waals surface area contributed by atoms with Gasteiger partial charge in [0, 0.05) is 0 Å². The van der Waals surface area contributed by atoms with Gasteiger partial charge in [0.05, 0.1) is 0 Å². The van der Waals surface area contributed by atoms with Crippen molar-refractivity contribution in [3.63, 3.8) is 0 Å². The van der Waals surface area contributed by atoms with Crippen molar-refractivity contribution >= 4 is 5.97 Å². The molecular formula is C13H19NO3. The van der Waals surface area contributed by atoms with Crippen molar-refractivity contribution in [2.24, 2.45) is 5.73 Å². The van der Waals surface area contributed by atoms with Gasteiger partial charge in [-0.1, -0.05) is 25.1 Å². The fourth-order valence-electron chi connectivity index (χ4n) is 1.91. The average molecular weight is 237 g/mol. The van der Waals surface area contributed by atoms with Crippen molar-refractivity contribution in [2.45, 2.75) is 38.1 Å². The molecule has 0 saturated heterocycles. The Hall–Kier alpha value is -1.55. The van der Waals surface area contributed by atoms with Gasteiger partial charge in [0.1, 0.15) is 11.3 Å². The van der Waals surface area contributed by atoms with E-state index in [1.165, 1.54) is 6.92 Å². The lowest BCUT2D eigenvalue weighted by molar-refractivity contribution is -0.143. The highest BCUT2D eigenvalue weighted by Gasteiger charge is 2.32. The number of carbonyl (C=O) groups is 1. The molecule has 4 heteroatoms. The maximum atomic E-state index is 11.0. The summed E-state index contributed by atoms with van der Waals surface area (Å²) in [6.07, 6.45) is 1.04. The topological polar surface area (TPSA) is 83.6 Å². The highest BCUT2D eigenvalue weighted by atomic mass is 16.4. The molecule has 0 bridgehead atoms. The number of benzene rings is 1. The number of aliphatic carboxylic acids is 1. The molecule has 0 radical (unpaired) electrons. The minimum absolute atomic E-state index is 0.0534. The molecule has 4 nitrogen and oxygen atoms in total. The van der Waals surface area contributed by atoms with E-state index in [0.29, 0.717) is 6.42 Å². The molecule has 2 atom stereocenters. The van der Waals surface area contributed by atoms with Crippen molar-refractivity contribution < 1.29 is 15.0 Å². The predicted molar refractivity (Wildman–Crippen MR) is 66.0 cm³/mol. The van der Waals surface area contributed by atoms with Gasteiger partial charge in [0.2, 0.25) is 0 Å². The zero-order valence-electron chi connectivity index (χ0n) is 10.2. The van der Waals surface area contributed by atoms with Crippen LogP contribution in [0, 0.1) is 0 Å². The summed E-state index contributed by atoms with van der Waals surface area (Å²) >= 11 is 0. The summed E-state index contributed by atoms with van der Waals surface area (Å²) in [5, 5.41) is 18.8. The first-order valence-corrected chi connectivity index (χ1v) is 5.68. The summed E-state index contributed by atoms with van der Waals surface area (Å²) in [7, 11) is 0. The van der Waals surface area contributed by atoms with Crippen molar-refractivity contribution in [2.75, 3.05) is 0 Å². The molecule has 0 aliphatic heterocycles. The molecule has 17 heavy (non-hydrogen) atoms. The second kappa shape index (κ2) is 5.19. The fourth-order valence-corrected chi connectivity index (χ4v) is 1.91. The molecular weight excluding hydrogens is 218 g/mol. The lowest BCUT2D eigenvalue weighted by atomic mass is 9.83. The van der Waals surface area contributed by atoms with Crippen LogP contribution in [-0.4, -0.2) is 21.7 Å². The van der Waals surface area contributed by atoms with Crippen LogP contribution >= 0.6 is 0 Å². The van der Waals surface area contributed by atoms with E-state index in [0.717, 1.165) is 12.0 Å². The lowest BCUT2D eigenvalue weighted by Gasteiger charge is -2.25. The van der Waals surface area contributed by atoms with Crippen molar-refractivity contribution in [1.29, 1.82) is 0 Å². The summed E-state index contributed by atoms with van der Waals surface area (Å²) in [6.45, 7) is 3.45. The Bertz CT molecular complexity index is 401. The smallest absolute Gasteiger partial charge is 0.323 e. The number of hydrogen-bond acceptors (Lipinski definition) is 3. The number of nitrogens with two attached hydrogens (primary N) is 1. The van der Waals surface area contributed by atoms with Crippen LogP contribution in [0.4, 0.5) is 0 Å². The van der Waals surface area contributed by atoms with Crippen LogP contribution in [-0.2, 0) is 4.79 Å². The lowest BCUT2D eigenvalue weighted by Crippen LogP contribution is -2.45. The fraction of sp³-hybridized carbons (Fsp3) is 0.462. The van der Waals surface area contributed by atoms with Gasteiger partial charge in [-0.25, -0.2) is 0 Å². The van der Waals surface area contributed by atoms with Crippen molar-refractivity contribution in [3.8, 4) is 5.75 Å². The van der Waals surface area contributed by atoms with Gasteiger partial charge < -0.3 is 15.9 Å². The third kappa shape index (κ3) is 3.20. The quantitative estimate of drug-likeness (QED) is 0.732. The molecule has 0 amide bonds. The SMILES string of the molecule is CCC(CC(C)(N)C(=O)O)c1ccccc1O. The van der Waals surface area contributed by atoms with Crippen LogP contribution in [0.15, 0.2) is 24.3 Å². The molecule has 0 fully saturated rings. The number of carboxylic acid groups (broad SMARTS) is 1. The Morgan fingerprint density at radius 1 is 1.47 bits per heavy atom. The number of carboxylic acids is 1. The molecule has 94 valence electrons. The van der Waals surface area contributed by atoms with Crippen LogP contribution < -0.4 is 5.73 Å². The van der Waals surface area contributed by atoms with Gasteiger partial charge in [0.15, 0.2) is 0 Å². The molecule has 0 aliphatic rings. The Balaban J connectivity index is 2.94. The first-order chi connectivity index (χ1) is 7.88. The molecule has 1 aromatic carbocycles. The molecule has 4 N–H and O–H groups in total. The van der Waals surface area contributed by atoms with Gasteiger partial charge in [-0.3, -0.25) is 4.79 Å². The van der Waals surface area contributed by atoms with E-state index in [1.54, 1.807) is 18.2 Å². The van der Waals surface area contributed by atoms with Crippen LogP contribution in [0.2, 0.25) is 0 Å².